The molecule has 1 aromatic rings. The molecule has 15 heavy (non-hydrogen) atoms. The lowest BCUT2D eigenvalue weighted by Crippen LogP contribution is -2.28. The van der Waals surface area contributed by atoms with Gasteiger partial charge in [-0.15, -0.1) is 11.3 Å². The Balaban J connectivity index is 2.37. The molecule has 0 spiro atoms. The fourth-order valence-corrected chi connectivity index (χ4v) is 3.10. The van der Waals surface area contributed by atoms with Gasteiger partial charge in [-0.05, 0) is 29.0 Å². The molecule has 0 saturated carbocycles. The van der Waals surface area contributed by atoms with Gasteiger partial charge in [0.15, 0.2) is 11.6 Å². The number of hydrogen-bond acceptors (Lipinski definition) is 3. The average Bonchev–Trinajstić information content (AvgIpc) is 2.56. The highest BCUT2D eigenvalue weighted by Gasteiger charge is 2.16. The van der Waals surface area contributed by atoms with Crippen LogP contribution in [-0.2, 0) is 16.0 Å². The zero-order valence-electron chi connectivity index (χ0n) is 7.95. The predicted molar refractivity (Wildman–Crippen MR) is 59.9 cm³/mol. The van der Waals surface area contributed by atoms with Crippen LogP contribution < -0.4 is 9.75 Å². The second kappa shape index (κ2) is 3.00. The van der Waals surface area contributed by atoms with E-state index in [0.717, 1.165) is 20.2 Å². The van der Waals surface area contributed by atoms with E-state index in [-0.39, 0.29) is 11.6 Å². The highest BCUT2D eigenvalue weighted by atomic mass is 32.1. The smallest absolute Gasteiger partial charge is 0.160 e. The molecule has 2 aliphatic rings. The van der Waals surface area contributed by atoms with Gasteiger partial charge in [0.1, 0.15) is 0 Å². The Morgan fingerprint density at radius 1 is 1.13 bits per heavy atom. The van der Waals surface area contributed by atoms with Crippen LogP contribution in [0.25, 0.3) is 18.2 Å². The first-order valence-electron chi connectivity index (χ1n) is 4.81. The Morgan fingerprint density at radius 2 is 2.00 bits per heavy atom. The fourth-order valence-electron chi connectivity index (χ4n) is 1.96. The minimum atomic E-state index is 0.120. The molecular formula is C12H8O2S. The van der Waals surface area contributed by atoms with Crippen molar-refractivity contribution in [2.75, 3.05) is 0 Å². The van der Waals surface area contributed by atoms with Crippen LogP contribution in [0.15, 0.2) is 6.08 Å². The Hall–Kier alpha value is -1.48. The predicted octanol–water partition coefficient (Wildman–Crippen LogP) is 0.420. The van der Waals surface area contributed by atoms with Crippen LogP contribution in [0, 0.1) is 0 Å². The molecule has 0 aromatic carbocycles. The van der Waals surface area contributed by atoms with Crippen molar-refractivity contribution in [3.8, 4) is 0 Å². The molecule has 0 saturated heterocycles. The van der Waals surface area contributed by atoms with E-state index in [4.69, 9.17) is 0 Å². The standard InChI is InChI=1S/C12H8O2S/c13-7-1-3-11-9(5-7)10-6-8(14)2-4-12(10)15-11/h1,3-4,6H,2,5H2. The van der Waals surface area contributed by atoms with Crippen LogP contribution in [0.1, 0.15) is 16.9 Å². The quantitative estimate of drug-likeness (QED) is 0.630. The second-order valence-corrected chi connectivity index (χ2v) is 4.80. The van der Waals surface area contributed by atoms with Crippen molar-refractivity contribution in [1.29, 1.82) is 0 Å². The van der Waals surface area contributed by atoms with Gasteiger partial charge in [0.25, 0.3) is 0 Å². The first kappa shape index (κ1) is 8.80. The van der Waals surface area contributed by atoms with E-state index in [0.29, 0.717) is 12.8 Å². The lowest BCUT2D eigenvalue weighted by Gasteiger charge is -2.03. The third-order valence-electron chi connectivity index (χ3n) is 2.67. The molecule has 74 valence electrons. The molecule has 0 radical (unpaired) electrons. The van der Waals surface area contributed by atoms with Crippen LogP contribution >= 0.6 is 11.3 Å². The third kappa shape index (κ3) is 1.31. The van der Waals surface area contributed by atoms with Gasteiger partial charge in [-0.3, -0.25) is 9.59 Å². The topological polar surface area (TPSA) is 34.1 Å². The van der Waals surface area contributed by atoms with Gasteiger partial charge in [-0.25, -0.2) is 0 Å². The fraction of sp³-hybridized carbons (Fsp3) is 0.167. The minimum Gasteiger partial charge on any atom is -0.294 e. The van der Waals surface area contributed by atoms with Crippen molar-refractivity contribution < 1.29 is 9.59 Å². The molecule has 0 aliphatic heterocycles. The van der Waals surface area contributed by atoms with Crippen molar-refractivity contribution in [3.05, 3.63) is 26.3 Å². The number of hydrogen-bond donors (Lipinski definition) is 0. The minimum absolute atomic E-state index is 0.120. The number of Topliss-reactive ketones (excluding diaryl/α,β-unsaturated/α-hetero) is 1. The maximum absolute atomic E-state index is 11.3. The summed E-state index contributed by atoms with van der Waals surface area (Å²) in [5, 5.41) is 0.976. The van der Waals surface area contributed by atoms with E-state index in [9.17, 15) is 9.59 Å². The molecule has 1 heterocycles. The molecular weight excluding hydrogens is 208 g/mol. The zero-order chi connectivity index (χ0) is 10.4. The van der Waals surface area contributed by atoms with Crippen LogP contribution in [0.4, 0.5) is 0 Å². The Labute approximate surface area is 90.2 Å². The van der Waals surface area contributed by atoms with E-state index in [1.165, 1.54) is 0 Å². The summed E-state index contributed by atoms with van der Waals surface area (Å²) in [6, 6.07) is 0. The highest BCUT2D eigenvalue weighted by Crippen LogP contribution is 2.17. The van der Waals surface area contributed by atoms with Crippen LogP contribution in [0.5, 0.6) is 0 Å². The summed E-state index contributed by atoms with van der Waals surface area (Å²) < 4.78 is 1.14. The maximum Gasteiger partial charge on any atom is 0.160 e. The van der Waals surface area contributed by atoms with Gasteiger partial charge < -0.3 is 0 Å². The molecule has 0 unspecified atom stereocenters. The number of rotatable bonds is 0. The number of carbonyl (C=O) groups is 2. The summed E-state index contributed by atoms with van der Waals surface area (Å²) in [6.07, 6.45) is 8.04. The summed E-state index contributed by atoms with van der Waals surface area (Å²) in [6.45, 7) is 0. The van der Waals surface area contributed by atoms with Gasteiger partial charge in [0, 0.05) is 22.3 Å². The van der Waals surface area contributed by atoms with E-state index in [2.05, 4.69) is 0 Å². The molecule has 0 fully saturated rings. The second-order valence-electron chi connectivity index (χ2n) is 3.72. The molecule has 2 nitrogen and oxygen atoms in total. The molecule has 3 rings (SSSR count). The van der Waals surface area contributed by atoms with E-state index >= 15 is 0 Å². The van der Waals surface area contributed by atoms with Gasteiger partial charge >= 0.3 is 0 Å². The average molecular weight is 216 g/mol. The third-order valence-corrected chi connectivity index (χ3v) is 3.88. The van der Waals surface area contributed by atoms with Gasteiger partial charge in [0.05, 0.1) is 0 Å². The summed E-state index contributed by atoms with van der Waals surface area (Å²) in [4.78, 5) is 23.7. The molecule has 3 heteroatoms. The van der Waals surface area contributed by atoms with Crippen LogP contribution in [0.3, 0.4) is 0 Å². The molecule has 0 atom stereocenters. The van der Waals surface area contributed by atoms with E-state index < -0.39 is 0 Å². The lowest BCUT2D eigenvalue weighted by atomic mass is 10.00. The monoisotopic (exact) mass is 216 g/mol. The maximum atomic E-state index is 11.3. The Kier molecular flexibility index (Phi) is 1.76. The summed E-state index contributed by atoms with van der Waals surface area (Å²) in [5.74, 6) is 0.250. The molecule has 2 aliphatic carbocycles. The molecule has 1 aromatic heterocycles. The summed E-state index contributed by atoms with van der Waals surface area (Å²) >= 11 is 1.66. The van der Waals surface area contributed by atoms with E-state index in [1.54, 1.807) is 23.5 Å². The van der Waals surface area contributed by atoms with Gasteiger partial charge in [-0.1, -0.05) is 6.08 Å². The number of allylic oxidation sites excluding steroid dienone is 1. The summed E-state index contributed by atoms with van der Waals surface area (Å²) in [5.41, 5.74) is 1.03. The molecule has 0 bridgehead atoms. The van der Waals surface area contributed by atoms with Gasteiger partial charge in [0.2, 0.25) is 0 Å². The first-order chi connectivity index (χ1) is 7.24. The number of fused-ring (bicyclic) bond motifs is 3. The lowest BCUT2D eigenvalue weighted by molar-refractivity contribution is -0.114. The van der Waals surface area contributed by atoms with Gasteiger partial charge in [-0.2, -0.15) is 0 Å². The largest absolute Gasteiger partial charge is 0.294 e. The number of ketones is 2. The highest BCUT2D eigenvalue weighted by molar-refractivity contribution is 7.11. The van der Waals surface area contributed by atoms with Crippen molar-refractivity contribution >= 4 is 41.1 Å². The van der Waals surface area contributed by atoms with Crippen molar-refractivity contribution in [2.24, 2.45) is 0 Å². The molecule has 0 amide bonds. The normalized spacial score (nSPS) is 17.9. The van der Waals surface area contributed by atoms with Crippen molar-refractivity contribution in [2.45, 2.75) is 12.8 Å². The van der Waals surface area contributed by atoms with Crippen molar-refractivity contribution in [3.63, 3.8) is 0 Å². The zero-order valence-corrected chi connectivity index (χ0v) is 8.76. The number of carbonyl (C=O) groups excluding carboxylic acids is 2. The van der Waals surface area contributed by atoms with Crippen molar-refractivity contribution in [1.82, 2.24) is 0 Å². The van der Waals surface area contributed by atoms with Crippen LogP contribution in [-0.4, -0.2) is 11.6 Å². The Morgan fingerprint density at radius 3 is 2.87 bits per heavy atom. The Bertz CT molecular complexity index is 617. The number of thiophene rings is 1. The van der Waals surface area contributed by atoms with E-state index in [1.807, 2.05) is 12.2 Å². The summed E-state index contributed by atoms with van der Waals surface area (Å²) in [7, 11) is 0. The first-order valence-corrected chi connectivity index (χ1v) is 5.63. The SMILES string of the molecule is O=C1C=c2c3c(sc2=CC1)C=CC(=O)C3. The molecule has 0 N–H and O–H groups in total. The van der Waals surface area contributed by atoms with Crippen LogP contribution in [0.2, 0.25) is 0 Å².